The molecular weight excluding hydrogens is 316 g/mol. The molecule has 0 aliphatic rings. The van der Waals surface area contributed by atoms with Gasteiger partial charge in [0.1, 0.15) is 0 Å². The minimum Gasteiger partial charge on any atom is -0.493 e. The Kier molecular flexibility index (Phi) is 6.23. The van der Waals surface area contributed by atoms with E-state index in [4.69, 9.17) is 9.47 Å². The van der Waals surface area contributed by atoms with Gasteiger partial charge in [-0.1, -0.05) is 42.8 Å². The molecule has 4 nitrogen and oxygen atoms in total. The number of para-hydroxylation sites is 1. The quantitative estimate of drug-likeness (QED) is 0.585. The number of methoxy groups -OCH3 is 1. The third-order valence-corrected chi connectivity index (χ3v) is 3.88. The molecule has 0 saturated carbocycles. The molecule has 0 radical (unpaired) electrons. The van der Waals surface area contributed by atoms with Crippen LogP contribution in [-0.4, -0.2) is 24.8 Å². The van der Waals surface area contributed by atoms with E-state index in [0.29, 0.717) is 29.2 Å². The van der Waals surface area contributed by atoms with Crippen molar-refractivity contribution in [2.24, 2.45) is 0 Å². The average molecular weight is 340 g/mol. The van der Waals surface area contributed by atoms with E-state index in [2.05, 4.69) is 0 Å². The lowest BCUT2D eigenvalue weighted by atomic mass is 9.96. The van der Waals surface area contributed by atoms with Gasteiger partial charge in [-0.15, -0.1) is 0 Å². The topological polar surface area (TPSA) is 55.8 Å². The Balaban J connectivity index is 2.59. The maximum absolute atomic E-state index is 11.9. The van der Waals surface area contributed by atoms with Crippen LogP contribution in [0.5, 0.6) is 11.5 Å². The summed E-state index contributed by atoms with van der Waals surface area (Å²) in [5.74, 6) is 0.180. The van der Waals surface area contributed by atoms with Crippen molar-refractivity contribution in [1.82, 2.24) is 0 Å². The van der Waals surface area contributed by atoms with Crippen LogP contribution in [0.2, 0.25) is 0 Å². The second kappa shape index (κ2) is 8.38. The Morgan fingerprint density at radius 2 is 1.96 bits per heavy atom. The molecule has 2 aromatic carbocycles. The number of ether oxygens (including phenoxy) is 2. The Bertz CT molecular complexity index is 790. The Labute approximate surface area is 148 Å². The molecule has 2 aromatic rings. The van der Waals surface area contributed by atoms with Gasteiger partial charge >= 0.3 is 5.97 Å². The lowest BCUT2D eigenvalue weighted by Crippen LogP contribution is -2.03. The minimum absolute atomic E-state index is 0.229. The van der Waals surface area contributed by atoms with Crippen molar-refractivity contribution in [2.45, 2.75) is 27.2 Å². The summed E-state index contributed by atoms with van der Waals surface area (Å²) in [6.07, 6.45) is 2.50. The lowest BCUT2D eigenvalue weighted by Gasteiger charge is -2.14. The van der Waals surface area contributed by atoms with Crippen molar-refractivity contribution in [2.75, 3.05) is 13.7 Å². The van der Waals surface area contributed by atoms with Crippen LogP contribution in [-0.2, 0) is 4.79 Å². The van der Waals surface area contributed by atoms with Gasteiger partial charge in [0.2, 0.25) is 0 Å². The number of aryl methyl sites for hydroxylation is 2. The van der Waals surface area contributed by atoms with E-state index < -0.39 is 5.97 Å². The van der Waals surface area contributed by atoms with Gasteiger partial charge in [0.25, 0.3) is 0 Å². The van der Waals surface area contributed by atoms with Crippen LogP contribution in [0.4, 0.5) is 0 Å². The van der Waals surface area contributed by atoms with Crippen molar-refractivity contribution in [3.63, 3.8) is 0 Å². The highest BCUT2D eigenvalue weighted by Gasteiger charge is 2.16. The van der Waals surface area contributed by atoms with Crippen molar-refractivity contribution in [3.05, 3.63) is 58.7 Å². The van der Waals surface area contributed by atoms with Crippen LogP contribution in [0.25, 0.3) is 11.6 Å². The summed E-state index contributed by atoms with van der Waals surface area (Å²) < 4.78 is 11.2. The molecule has 0 atom stereocenters. The van der Waals surface area contributed by atoms with Gasteiger partial charge in [0.05, 0.1) is 19.3 Å². The highest BCUT2D eigenvalue weighted by atomic mass is 16.5. The van der Waals surface area contributed by atoms with Crippen molar-refractivity contribution >= 4 is 17.6 Å². The first-order chi connectivity index (χ1) is 12.0. The molecule has 1 N–H and O–H groups in total. The summed E-state index contributed by atoms with van der Waals surface area (Å²) in [5.41, 5.74) is 3.63. The number of carbonyl (C=O) groups is 1. The molecule has 4 heteroatoms. The molecule has 0 aromatic heterocycles. The summed E-state index contributed by atoms with van der Waals surface area (Å²) in [4.78, 5) is 11.9. The van der Waals surface area contributed by atoms with Gasteiger partial charge in [0, 0.05) is 5.56 Å². The van der Waals surface area contributed by atoms with Gasteiger partial charge < -0.3 is 14.6 Å². The molecule has 0 spiro atoms. The van der Waals surface area contributed by atoms with E-state index in [-0.39, 0.29) is 5.57 Å². The SMILES string of the molecule is CCCOc1c(/C=C(\C(=O)O)c2ccc(C)cc2C)cccc1OC. The van der Waals surface area contributed by atoms with E-state index in [1.807, 2.05) is 51.1 Å². The molecule has 0 aliphatic carbocycles. The summed E-state index contributed by atoms with van der Waals surface area (Å²) in [5, 5.41) is 9.73. The number of carboxylic acids is 1. The zero-order valence-corrected chi connectivity index (χ0v) is 15.1. The van der Waals surface area contributed by atoms with E-state index >= 15 is 0 Å². The van der Waals surface area contributed by atoms with Gasteiger partial charge in [-0.05, 0) is 43.5 Å². The van der Waals surface area contributed by atoms with Gasteiger partial charge in [-0.3, -0.25) is 0 Å². The van der Waals surface area contributed by atoms with Crippen LogP contribution >= 0.6 is 0 Å². The Hall–Kier alpha value is -2.75. The summed E-state index contributed by atoms with van der Waals surface area (Å²) in [7, 11) is 1.57. The average Bonchev–Trinajstić information content (AvgIpc) is 2.58. The van der Waals surface area contributed by atoms with Crippen molar-refractivity contribution < 1.29 is 19.4 Å². The number of benzene rings is 2. The first-order valence-corrected chi connectivity index (χ1v) is 8.30. The molecule has 0 fully saturated rings. The zero-order valence-electron chi connectivity index (χ0n) is 15.1. The van der Waals surface area contributed by atoms with E-state index in [0.717, 1.165) is 17.5 Å². The summed E-state index contributed by atoms with van der Waals surface area (Å²) >= 11 is 0. The minimum atomic E-state index is -0.976. The first kappa shape index (κ1) is 18.6. The second-order valence-corrected chi connectivity index (χ2v) is 5.91. The number of hydrogen-bond acceptors (Lipinski definition) is 3. The molecule has 25 heavy (non-hydrogen) atoms. The van der Waals surface area contributed by atoms with Gasteiger partial charge in [0.15, 0.2) is 11.5 Å². The monoisotopic (exact) mass is 340 g/mol. The molecular formula is C21H24O4. The predicted octanol–water partition coefficient (Wildman–Crippen LogP) is 4.73. The standard InChI is InChI=1S/C21H24O4/c1-5-11-25-20-16(7-6-8-19(20)24-4)13-18(21(22)23)17-10-9-14(2)12-15(17)3/h6-10,12-13H,5,11H2,1-4H3,(H,22,23)/b18-13-. The number of carboxylic acid groups (broad SMARTS) is 1. The molecule has 0 saturated heterocycles. The fourth-order valence-electron chi connectivity index (χ4n) is 2.69. The van der Waals surface area contributed by atoms with Crippen molar-refractivity contribution in [3.8, 4) is 11.5 Å². The van der Waals surface area contributed by atoms with Crippen LogP contribution < -0.4 is 9.47 Å². The molecule has 0 bridgehead atoms. The van der Waals surface area contributed by atoms with Crippen LogP contribution in [0.1, 0.15) is 35.6 Å². The molecule has 132 valence electrons. The largest absolute Gasteiger partial charge is 0.493 e. The maximum Gasteiger partial charge on any atom is 0.336 e. The van der Waals surface area contributed by atoms with E-state index in [1.165, 1.54) is 0 Å². The lowest BCUT2D eigenvalue weighted by molar-refractivity contribution is -0.130. The summed E-state index contributed by atoms with van der Waals surface area (Å²) in [6.45, 7) is 6.45. The third kappa shape index (κ3) is 4.41. The van der Waals surface area contributed by atoms with E-state index in [9.17, 15) is 9.90 Å². The van der Waals surface area contributed by atoms with E-state index in [1.54, 1.807) is 19.3 Å². The number of rotatable bonds is 7. The molecule has 0 amide bonds. The summed E-state index contributed by atoms with van der Waals surface area (Å²) in [6, 6.07) is 11.2. The number of hydrogen-bond donors (Lipinski definition) is 1. The molecule has 0 unspecified atom stereocenters. The third-order valence-electron chi connectivity index (χ3n) is 3.88. The highest BCUT2D eigenvalue weighted by molar-refractivity contribution is 6.21. The zero-order chi connectivity index (χ0) is 18.4. The molecule has 0 heterocycles. The second-order valence-electron chi connectivity index (χ2n) is 5.91. The molecule has 2 rings (SSSR count). The Morgan fingerprint density at radius 3 is 2.56 bits per heavy atom. The fraction of sp³-hybridized carbons (Fsp3) is 0.286. The highest BCUT2D eigenvalue weighted by Crippen LogP contribution is 2.34. The van der Waals surface area contributed by atoms with Crippen LogP contribution in [0.3, 0.4) is 0 Å². The maximum atomic E-state index is 11.9. The smallest absolute Gasteiger partial charge is 0.336 e. The fourth-order valence-corrected chi connectivity index (χ4v) is 2.69. The molecule has 0 aliphatic heterocycles. The normalized spacial score (nSPS) is 11.3. The van der Waals surface area contributed by atoms with Crippen LogP contribution in [0.15, 0.2) is 36.4 Å². The Morgan fingerprint density at radius 1 is 1.20 bits per heavy atom. The van der Waals surface area contributed by atoms with Gasteiger partial charge in [-0.2, -0.15) is 0 Å². The van der Waals surface area contributed by atoms with Crippen molar-refractivity contribution in [1.29, 1.82) is 0 Å². The predicted molar refractivity (Wildman–Crippen MR) is 100 cm³/mol. The first-order valence-electron chi connectivity index (χ1n) is 8.30. The van der Waals surface area contributed by atoms with Gasteiger partial charge in [-0.25, -0.2) is 4.79 Å². The number of aliphatic carboxylic acids is 1. The van der Waals surface area contributed by atoms with Crippen LogP contribution in [0, 0.1) is 13.8 Å².